The molecule has 1 aromatic rings. The maximum absolute atomic E-state index is 14.3. The fourth-order valence-electron chi connectivity index (χ4n) is 5.58. The Hall–Kier alpha value is -2.38. The summed E-state index contributed by atoms with van der Waals surface area (Å²) in [7, 11) is -4.10. The number of alkyl carbamates (subject to hydrolysis) is 1. The van der Waals surface area contributed by atoms with Crippen molar-refractivity contribution in [3.8, 4) is 0 Å². The van der Waals surface area contributed by atoms with Crippen molar-refractivity contribution >= 4 is 39.9 Å². The number of thioether (sulfide) groups is 1. The summed E-state index contributed by atoms with van der Waals surface area (Å²) in [4.78, 5) is 41.8. The number of rotatable bonds is 8. The van der Waals surface area contributed by atoms with Gasteiger partial charge in [-0.05, 0) is 93.0 Å². The molecule has 13 heteroatoms. The van der Waals surface area contributed by atoms with Gasteiger partial charge in [0.1, 0.15) is 22.6 Å². The normalized spacial score (nSPS) is 27.2. The Bertz CT molecular complexity index is 1360. The third kappa shape index (κ3) is 8.63. The highest BCUT2D eigenvalue weighted by atomic mass is 32.2. The second-order valence-electron chi connectivity index (χ2n) is 14.3. The number of amides is 1. The van der Waals surface area contributed by atoms with Crippen molar-refractivity contribution in [1.82, 2.24) is 5.32 Å². The highest BCUT2D eigenvalue weighted by Crippen LogP contribution is 2.67. The molecule has 1 aromatic carbocycles. The van der Waals surface area contributed by atoms with Crippen LogP contribution in [0.4, 0.5) is 9.18 Å². The van der Waals surface area contributed by atoms with E-state index in [9.17, 15) is 27.2 Å². The van der Waals surface area contributed by atoms with Crippen LogP contribution in [0.5, 0.6) is 0 Å². The molecule has 2 fully saturated rings. The summed E-state index contributed by atoms with van der Waals surface area (Å²) < 4.78 is 61.8. The number of carbonyl (C=O) groups is 3. The zero-order valence-electron chi connectivity index (χ0n) is 26.7. The van der Waals surface area contributed by atoms with Crippen molar-refractivity contribution in [3.05, 3.63) is 29.6 Å². The monoisotopic (exact) mass is 645 g/mol. The van der Waals surface area contributed by atoms with Crippen molar-refractivity contribution < 1.29 is 45.6 Å². The molecule has 6 unspecified atom stereocenters. The fraction of sp³-hybridized carbons (Fsp3) is 0.700. The minimum atomic E-state index is -4.10. The summed E-state index contributed by atoms with van der Waals surface area (Å²) in [5, 5.41) is 2.74. The van der Waals surface area contributed by atoms with E-state index in [0.717, 1.165) is 6.26 Å². The lowest BCUT2D eigenvalue weighted by Crippen LogP contribution is -2.64. The maximum atomic E-state index is 14.3. The first-order valence-electron chi connectivity index (χ1n) is 14.1. The predicted octanol–water partition coefficient (Wildman–Crippen LogP) is 5.01. The van der Waals surface area contributed by atoms with Crippen LogP contribution in [0.15, 0.2) is 23.1 Å². The number of carbonyl (C=O) groups excluding carboxylic acids is 3. The van der Waals surface area contributed by atoms with E-state index in [1.165, 1.54) is 17.8 Å². The van der Waals surface area contributed by atoms with Gasteiger partial charge in [-0.3, -0.25) is 8.98 Å². The van der Waals surface area contributed by atoms with E-state index >= 15 is 0 Å². The zero-order chi connectivity index (χ0) is 32.9. The molecular formula is C30H44FNO9S2. The van der Waals surface area contributed by atoms with Crippen LogP contribution in [0, 0.1) is 36.4 Å². The SMILES string of the molecule is Cc1cc(SCC2C(OS(C)(=O)=O)C3C(C(=O)OC(C)(C)C)C3C2(NC(=O)OC(C)(C)C)C(=O)OC(C)(C)C)ccc1F. The first-order valence-corrected chi connectivity index (χ1v) is 16.9. The molecule has 2 aliphatic rings. The van der Waals surface area contributed by atoms with Gasteiger partial charge in [-0.1, -0.05) is 0 Å². The second-order valence-corrected chi connectivity index (χ2v) is 16.9. The van der Waals surface area contributed by atoms with Crippen LogP contribution in [0.3, 0.4) is 0 Å². The number of nitrogens with one attached hydrogen (secondary N) is 1. The molecule has 1 amide bonds. The number of fused-ring (bicyclic) bond motifs is 1. The number of hydrogen-bond acceptors (Lipinski definition) is 10. The fourth-order valence-corrected chi connectivity index (χ4v) is 7.49. The van der Waals surface area contributed by atoms with Crippen LogP contribution < -0.4 is 5.32 Å². The average Bonchev–Trinajstić information content (AvgIpc) is 3.46. The molecule has 43 heavy (non-hydrogen) atoms. The Morgan fingerprint density at radius 3 is 2.00 bits per heavy atom. The van der Waals surface area contributed by atoms with E-state index in [-0.39, 0.29) is 11.6 Å². The van der Waals surface area contributed by atoms with Gasteiger partial charge in [0, 0.05) is 28.4 Å². The van der Waals surface area contributed by atoms with E-state index in [1.54, 1.807) is 81.4 Å². The predicted molar refractivity (Wildman–Crippen MR) is 159 cm³/mol. The summed E-state index contributed by atoms with van der Waals surface area (Å²) in [5.74, 6) is -5.54. The number of esters is 2. The minimum absolute atomic E-state index is 0.0499. The van der Waals surface area contributed by atoms with Gasteiger partial charge in [0.2, 0.25) is 0 Å². The molecule has 0 spiro atoms. The Balaban J connectivity index is 2.20. The molecule has 0 aromatic heterocycles. The maximum Gasteiger partial charge on any atom is 0.408 e. The number of aryl methyl sites for hydroxylation is 1. The molecule has 0 heterocycles. The van der Waals surface area contributed by atoms with Crippen molar-refractivity contribution in [2.75, 3.05) is 12.0 Å². The van der Waals surface area contributed by atoms with E-state index in [2.05, 4.69) is 5.32 Å². The van der Waals surface area contributed by atoms with Crippen molar-refractivity contribution in [3.63, 3.8) is 0 Å². The molecule has 0 radical (unpaired) electrons. The van der Waals surface area contributed by atoms with Gasteiger partial charge in [0.25, 0.3) is 10.1 Å². The second kappa shape index (κ2) is 11.8. The highest BCUT2D eigenvalue weighted by Gasteiger charge is 2.81. The zero-order valence-corrected chi connectivity index (χ0v) is 28.3. The average molecular weight is 646 g/mol. The highest BCUT2D eigenvalue weighted by molar-refractivity contribution is 7.99. The Morgan fingerprint density at radius 2 is 1.51 bits per heavy atom. The molecule has 10 nitrogen and oxygen atoms in total. The smallest absolute Gasteiger partial charge is 0.408 e. The van der Waals surface area contributed by atoms with Gasteiger partial charge < -0.3 is 19.5 Å². The molecule has 242 valence electrons. The lowest BCUT2D eigenvalue weighted by Gasteiger charge is -2.41. The van der Waals surface area contributed by atoms with Gasteiger partial charge in [0.15, 0.2) is 5.54 Å². The molecule has 0 saturated heterocycles. The summed E-state index contributed by atoms with van der Waals surface area (Å²) in [6.45, 7) is 16.6. The molecule has 0 aliphatic heterocycles. The van der Waals surface area contributed by atoms with Gasteiger partial charge in [-0.2, -0.15) is 8.42 Å². The van der Waals surface area contributed by atoms with Crippen LogP contribution in [0.25, 0.3) is 0 Å². The third-order valence-electron chi connectivity index (χ3n) is 6.93. The lowest BCUT2D eigenvalue weighted by molar-refractivity contribution is -0.169. The Morgan fingerprint density at radius 1 is 0.953 bits per heavy atom. The van der Waals surface area contributed by atoms with Crippen LogP contribution in [0.1, 0.15) is 67.9 Å². The summed E-state index contributed by atoms with van der Waals surface area (Å²) in [5.41, 5.74) is -4.35. The molecule has 6 atom stereocenters. The van der Waals surface area contributed by atoms with Crippen LogP contribution in [0.2, 0.25) is 0 Å². The van der Waals surface area contributed by atoms with Gasteiger partial charge >= 0.3 is 18.0 Å². The number of halogens is 1. The quantitative estimate of drug-likeness (QED) is 0.178. The molecule has 2 saturated carbocycles. The standard InChI is InChI=1S/C30H44FNO9S2/c1-16-14-17(12-13-19(16)31)42-15-18-23(41-43(11,36)37)20-21(24(33)38-27(2,3)4)22(20)30(18,25(34)39-28(5,6)7)32-26(35)40-29(8,9)10/h12-14,18,20-23H,15H2,1-11H3,(H,32,35). The third-order valence-corrected chi connectivity index (χ3v) is 8.62. The van der Waals surface area contributed by atoms with E-state index in [4.69, 9.17) is 18.4 Å². The van der Waals surface area contributed by atoms with Gasteiger partial charge in [-0.15, -0.1) is 11.8 Å². The van der Waals surface area contributed by atoms with Gasteiger partial charge in [0.05, 0.1) is 18.3 Å². The van der Waals surface area contributed by atoms with E-state index in [1.807, 2.05) is 0 Å². The summed E-state index contributed by atoms with van der Waals surface area (Å²) in [6, 6.07) is 4.50. The molecule has 2 aliphatic carbocycles. The molecule has 1 N–H and O–H groups in total. The molecular weight excluding hydrogens is 601 g/mol. The van der Waals surface area contributed by atoms with Gasteiger partial charge in [-0.25, -0.2) is 14.0 Å². The Kier molecular flexibility index (Phi) is 9.67. The number of benzene rings is 1. The topological polar surface area (TPSA) is 134 Å². The van der Waals surface area contributed by atoms with Crippen molar-refractivity contribution in [2.45, 2.75) is 103 Å². The van der Waals surface area contributed by atoms with E-state index in [0.29, 0.717) is 10.5 Å². The van der Waals surface area contributed by atoms with Crippen molar-refractivity contribution in [1.29, 1.82) is 0 Å². The van der Waals surface area contributed by atoms with E-state index < -0.39 is 80.3 Å². The molecule has 0 bridgehead atoms. The summed E-state index contributed by atoms with van der Waals surface area (Å²) >= 11 is 1.23. The Labute approximate surface area is 258 Å². The van der Waals surface area contributed by atoms with Crippen molar-refractivity contribution in [2.24, 2.45) is 23.7 Å². The largest absolute Gasteiger partial charge is 0.460 e. The van der Waals surface area contributed by atoms with Crippen LogP contribution in [-0.4, -0.2) is 66.9 Å². The first kappa shape index (κ1) is 35.1. The van der Waals surface area contributed by atoms with Crippen LogP contribution >= 0.6 is 11.8 Å². The first-order chi connectivity index (χ1) is 19.3. The minimum Gasteiger partial charge on any atom is -0.460 e. The molecule has 3 rings (SSSR count). The van der Waals surface area contributed by atoms with Crippen LogP contribution in [-0.2, 0) is 38.1 Å². The summed E-state index contributed by atoms with van der Waals surface area (Å²) in [6.07, 6.45) is -1.26. The number of hydrogen-bond donors (Lipinski definition) is 1. The lowest BCUT2D eigenvalue weighted by atomic mass is 9.80. The number of ether oxygens (including phenoxy) is 3.